The highest BCUT2D eigenvalue weighted by Crippen LogP contribution is 2.21. The van der Waals surface area contributed by atoms with E-state index in [2.05, 4.69) is 15.6 Å². The van der Waals surface area contributed by atoms with Crippen LogP contribution in [0.3, 0.4) is 0 Å². The van der Waals surface area contributed by atoms with E-state index in [1.54, 1.807) is 24.3 Å². The number of piperazine rings is 1. The third-order valence-electron chi connectivity index (χ3n) is 5.11. The average Bonchev–Trinajstić information content (AvgIpc) is 2.75. The molecule has 2 aromatic carbocycles. The first-order chi connectivity index (χ1) is 14.5. The number of rotatable bonds is 3. The molecule has 7 nitrogen and oxygen atoms in total. The summed E-state index contributed by atoms with van der Waals surface area (Å²) in [4.78, 5) is 32.9. The van der Waals surface area contributed by atoms with Crippen LogP contribution >= 0.6 is 0 Å². The van der Waals surface area contributed by atoms with E-state index in [-0.39, 0.29) is 23.8 Å². The highest BCUT2D eigenvalue weighted by atomic mass is 19.1. The Bertz CT molecular complexity index is 989. The molecule has 9 heteroatoms. The number of nitrogens with zero attached hydrogens (tertiary/aromatic N) is 3. The van der Waals surface area contributed by atoms with E-state index in [1.165, 1.54) is 24.3 Å². The molecule has 0 bridgehead atoms. The van der Waals surface area contributed by atoms with E-state index >= 15 is 0 Å². The minimum absolute atomic E-state index is 0.0451. The van der Waals surface area contributed by atoms with Gasteiger partial charge in [-0.25, -0.2) is 13.8 Å². The third-order valence-corrected chi connectivity index (χ3v) is 5.11. The zero-order valence-electron chi connectivity index (χ0n) is 16.1. The molecule has 2 aliphatic rings. The number of carbonyl (C=O) groups is 2. The summed E-state index contributed by atoms with van der Waals surface area (Å²) in [7, 11) is 0. The normalized spacial score (nSPS) is 19.2. The van der Waals surface area contributed by atoms with Crippen LogP contribution in [0.15, 0.2) is 53.5 Å². The Morgan fingerprint density at radius 3 is 2.30 bits per heavy atom. The van der Waals surface area contributed by atoms with E-state index < -0.39 is 17.8 Å². The van der Waals surface area contributed by atoms with Gasteiger partial charge in [-0.05, 0) is 24.3 Å². The SMILES string of the molecule is O=C1CC(C(=O)Nc2ccccc2F)N=C(N2CCN(c3ccccc3F)CC2)N1. The second kappa shape index (κ2) is 8.48. The number of hydrogen-bond donors (Lipinski definition) is 2. The fourth-order valence-corrected chi connectivity index (χ4v) is 3.53. The van der Waals surface area contributed by atoms with Crippen LogP contribution in [0.5, 0.6) is 0 Å². The quantitative estimate of drug-likeness (QED) is 0.807. The molecule has 2 amide bonds. The molecule has 0 radical (unpaired) electrons. The number of guanidine groups is 1. The molecule has 0 spiro atoms. The Hall–Kier alpha value is -3.49. The molecule has 1 saturated heterocycles. The summed E-state index contributed by atoms with van der Waals surface area (Å²) in [5.41, 5.74) is 0.581. The predicted octanol–water partition coefficient (Wildman–Crippen LogP) is 1.97. The molecule has 2 N–H and O–H groups in total. The van der Waals surface area contributed by atoms with Gasteiger partial charge >= 0.3 is 0 Å². The number of amides is 2. The minimum atomic E-state index is -0.946. The largest absolute Gasteiger partial charge is 0.366 e. The van der Waals surface area contributed by atoms with Crippen LogP contribution in [-0.4, -0.2) is 54.9 Å². The summed E-state index contributed by atoms with van der Waals surface area (Å²) in [6.45, 7) is 2.11. The smallest absolute Gasteiger partial charge is 0.249 e. The van der Waals surface area contributed by atoms with Crippen molar-refractivity contribution >= 4 is 29.1 Å². The molecule has 1 fully saturated rings. The van der Waals surface area contributed by atoms with E-state index in [1.807, 2.05) is 9.80 Å². The third kappa shape index (κ3) is 4.24. The van der Waals surface area contributed by atoms with Crippen LogP contribution in [0.1, 0.15) is 6.42 Å². The van der Waals surface area contributed by atoms with Gasteiger partial charge in [-0.2, -0.15) is 0 Å². The van der Waals surface area contributed by atoms with Crippen molar-refractivity contribution in [1.82, 2.24) is 10.2 Å². The Kier molecular flexibility index (Phi) is 5.60. The second-order valence-corrected chi connectivity index (χ2v) is 7.12. The summed E-state index contributed by atoms with van der Waals surface area (Å²) >= 11 is 0. The van der Waals surface area contributed by atoms with E-state index in [4.69, 9.17) is 0 Å². The average molecular weight is 413 g/mol. The van der Waals surface area contributed by atoms with Crippen LogP contribution in [0.2, 0.25) is 0 Å². The summed E-state index contributed by atoms with van der Waals surface area (Å²) in [5.74, 6) is -1.39. The number of aliphatic imine (C=N–C) groups is 1. The summed E-state index contributed by atoms with van der Waals surface area (Å²) in [6, 6.07) is 11.5. The van der Waals surface area contributed by atoms with Crippen LogP contribution in [0.4, 0.5) is 20.2 Å². The van der Waals surface area contributed by atoms with Crippen LogP contribution in [0, 0.1) is 11.6 Å². The van der Waals surface area contributed by atoms with Gasteiger partial charge in [0.25, 0.3) is 0 Å². The van der Waals surface area contributed by atoms with Gasteiger partial charge in [-0.1, -0.05) is 24.3 Å². The molecule has 2 aliphatic heterocycles. The lowest BCUT2D eigenvalue weighted by Gasteiger charge is -2.38. The van der Waals surface area contributed by atoms with Crippen molar-refractivity contribution in [2.24, 2.45) is 4.99 Å². The van der Waals surface area contributed by atoms with Crippen molar-refractivity contribution in [3.8, 4) is 0 Å². The maximum absolute atomic E-state index is 14.0. The predicted molar refractivity (Wildman–Crippen MR) is 109 cm³/mol. The van der Waals surface area contributed by atoms with E-state index in [9.17, 15) is 18.4 Å². The number of nitrogens with one attached hydrogen (secondary N) is 2. The Balaban J connectivity index is 1.43. The molecule has 2 heterocycles. The lowest BCUT2D eigenvalue weighted by Crippen LogP contribution is -2.56. The molecule has 0 saturated carbocycles. The molecule has 1 unspecified atom stereocenters. The van der Waals surface area contributed by atoms with Crippen molar-refractivity contribution < 1.29 is 18.4 Å². The summed E-state index contributed by atoms with van der Waals surface area (Å²) in [6.07, 6.45) is -0.112. The lowest BCUT2D eigenvalue weighted by molar-refractivity contribution is -0.125. The van der Waals surface area contributed by atoms with Gasteiger partial charge in [0.05, 0.1) is 17.8 Å². The first kappa shape index (κ1) is 19.8. The van der Waals surface area contributed by atoms with Crippen molar-refractivity contribution in [2.75, 3.05) is 36.4 Å². The van der Waals surface area contributed by atoms with Gasteiger partial charge in [0, 0.05) is 26.2 Å². The molecule has 30 heavy (non-hydrogen) atoms. The minimum Gasteiger partial charge on any atom is -0.366 e. The van der Waals surface area contributed by atoms with Gasteiger partial charge in [0.15, 0.2) is 0 Å². The van der Waals surface area contributed by atoms with E-state index in [0.29, 0.717) is 37.8 Å². The van der Waals surface area contributed by atoms with Gasteiger partial charge < -0.3 is 15.1 Å². The Morgan fingerprint density at radius 2 is 1.60 bits per heavy atom. The molecular weight excluding hydrogens is 392 g/mol. The number of para-hydroxylation sites is 2. The topological polar surface area (TPSA) is 77.0 Å². The zero-order valence-corrected chi connectivity index (χ0v) is 16.1. The van der Waals surface area contributed by atoms with Gasteiger partial charge in [-0.3, -0.25) is 14.9 Å². The number of carbonyl (C=O) groups excluding carboxylic acids is 2. The molecule has 4 rings (SSSR count). The molecule has 156 valence electrons. The summed E-state index contributed by atoms with van der Waals surface area (Å²) in [5, 5.41) is 5.19. The highest BCUT2D eigenvalue weighted by Gasteiger charge is 2.31. The molecule has 1 atom stereocenters. The molecule has 0 aromatic heterocycles. The maximum atomic E-state index is 14.0. The van der Waals surface area contributed by atoms with Gasteiger partial charge in [-0.15, -0.1) is 0 Å². The van der Waals surface area contributed by atoms with Crippen molar-refractivity contribution in [2.45, 2.75) is 12.5 Å². The summed E-state index contributed by atoms with van der Waals surface area (Å²) < 4.78 is 27.8. The standard InChI is InChI=1S/C21H21F2N5O2/c22-14-5-1-3-7-16(14)24-20(30)17-13-19(29)26-21(25-17)28-11-9-27(10-12-28)18-8-4-2-6-15(18)23/h1-8,17H,9-13H2,(H,24,30)(H,25,26,29). The number of halogens is 2. The number of hydrogen-bond acceptors (Lipinski definition) is 5. The lowest BCUT2D eigenvalue weighted by atomic mass is 10.1. The maximum Gasteiger partial charge on any atom is 0.249 e. The first-order valence-corrected chi connectivity index (χ1v) is 9.69. The number of benzene rings is 2. The van der Waals surface area contributed by atoms with Crippen LogP contribution in [0.25, 0.3) is 0 Å². The zero-order chi connectivity index (χ0) is 21.1. The Morgan fingerprint density at radius 1 is 0.967 bits per heavy atom. The first-order valence-electron chi connectivity index (χ1n) is 9.69. The monoisotopic (exact) mass is 413 g/mol. The van der Waals surface area contributed by atoms with E-state index in [0.717, 1.165) is 0 Å². The van der Waals surface area contributed by atoms with Gasteiger partial charge in [0.1, 0.15) is 17.7 Å². The molecule has 2 aromatic rings. The second-order valence-electron chi connectivity index (χ2n) is 7.12. The van der Waals surface area contributed by atoms with Crippen LogP contribution < -0.4 is 15.5 Å². The number of anilines is 2. The van der Waals surface area contributed by atoms with Crippen LogP contribution in [-0.2, 0) is 9.59 Å². The highest BCUT2D eigenvalue weighted by molar-refractivity contribution is 6.06. The van der Waals surface area contributed by atoms with Crippen molar-refractivity contribution in [3.05, 3.63) is 60.2 Å². The van der Waals surface area contributed by atoms with Crippen molar-refractivity contribution in [1.29, 1.82) is 0 Å². The Labute approximate surface area is 172 Å². The van der Waals surface area contributed by atoms with Gasteiger partial charge in [0.2, 0.25) is 17.8 Å². The van der Waals surface area contributed by atoms with Crippen molar-refractivity contribution in [3.63, 3.8) is 0 Å². The molecular formula is C21H21F2N5O2. The molecule has 0 aliphatic carbocycles. The fourth-order valence-electron chi connectivity index (χ4n) is 3.53. The fraction of sp³-hybridized carbons (Fsp3) is 0.286.